The Morgan fingerprint density at radius 1 is 1.12 bits per heavy atom. The van der Waals surface area contributed by atoms with Crippen LogP contribution >= 0.6 is 0 Å². The molecule has 2 unspecified atom stereocenters. The zero-order chi connectivity index (χ0) is 23.1. The molecule has 0 aliphatic carbocycles. The fourth-order valence-corrected chi connectivity index (χ4v) is 4.58. The molecule has 172 valence electrons. The zero-order valence-electron chi connectivity index (χ0n) is 19.0. The van der Waals surface area contributed by atoms with Gasteiger partial charge in [0.05, 0.1) is 0 Å². The van der Waals surface area contributed by atoms with Crippen LogP contribution in [0.4, 0.5) is 5.69 Å². The number of aromatic hydroxyl groups is 1. The molecule has 2 aromatic rings. The van der Waals surface area contributed by atoms with Gasteiger partial charge in [0.1, 0.15) is 5.75 Å². The number of phenols is 1. The van der Waals surface area contributed by atoms with Gasteiger partial charge >= 0.3 is 5.97 Å². The van der Waals surface area contributed by atoms with E-state index < -0.39 is 5.97 Å². The number of carbonyl (C=O) groups excluding carboxylic acids is 1. The van der Waals surface area contributed by atoms with Gasteiger partial charge in [-0.05, 0) is 60.5 Å². The molecule has 1 heterocycles. The van der Waals surface area contributed by atoms with Gasteiger partial charge in [0.15, 0.2) is 0 Å². The number of phenolic OH excluding ortho intramolecular Hbond substituents is 1. The van der Waals surface area contributed by atoms with Crippen LogP contribution in [0.5, 0.6) is 5.75 Å². The van der Waals surface area contributed by atoms with Gasteiger partial charge in [0, 0.05) is 38.2 Å². The molecule has 32 heavy (non-hydrogen) atoms. The van der Waals surface area contributed by atoms with Crippen LogP contribution in [-0.2, 0) is 15.0 Å². The lowest BCUT2D eigenvalue weighted by Crippen LogP contribution is -2.49. The Labute approximate surface area is 190 Å². The maximum Gasteiger partial charge on any atom is 0.303 e. The van der Waals surface area contributed by atoms with E-state index in [0.29, 0.717) is 24.6 Å². The number of carboxylic acids is 1. The van der Waals surface area contributed by atoms with E-state index in [1.165, 1.54) is 5.56 Å². The molecule has 2 atom stereocenters. The number of hydrogen-bond acceptors (Lipinski definition) is 4. The lowest BCUT2D eigenvalue weighted by atomic mass is 9.68. The van der Waals surface area contributed by atoms with Crippen molar-refractivity contribution in [2.24, 2.45) is 5.92 Å². The Hall–Kier alpha value is -2.86. The van der Waals surface area contributed by atoms with E-state index in [0.717, 1.165) is 31.7 Å². The molecule has 3 rings (SSSR count). The monoisotopic (exact) mass is 438 g/mol. The topological polar surface area (TPSA) is 81.1 Å². The summed E-state index contributed by atoms with van der Waals surface area (Å²) in [6, 6.07) is 17.2. The molecule has 0 spiro atoms. The van der Waals surface area contributed by atoms with Gasteiger partial charge in [-0.3, -0.25) is 9.59 Å². The Bertz CT molecular complexity index is 917. The summed E-state index contributed by atoms with van der Waals surface area (Å²) in [5.74, 6) is -0.207. The first kappa shape index (κ1) is 23.8. The minimum Gasteiger partial charge on any atom is -0.508 e. The van der Waals surface area contributed by atoms with E-state index >= 15 is 0 Å². The highest BCUT2D eigenvalue weighted by Gasteiger charge is 2.38. The molecule has 2 aromatic carbocycles. The van der Waals surface area contributed by atoms with Crippen LogP contribution in [-0.4, -0.2) is 53.2 Å². The second-order valence-electron chi connectivity index (χ2n) is 9.05. The molecule has 1 aliphatic rings. The third-order valence-corrected chi connectivity index (χ3v) is 6.86. The highest BCUT2D eigenvalue weighted by atomic mass is 16.4. The minimum absolute atomic E-state index is 0.00100. The van der Waals surface area contributed by atoms with Crippen molar-refractivity contribution >= 4 is 17.6 Å². The van der Waals surface area contributed by atoms with E-state index in [2.05, 4.69) is 24.8 Å². The number of piperidine rings is 1. The number of carboxylic acid groups (broad SMARTS) is 1. The highest BCUT2D eigenvalue weighted by Crippen LogP contribution is 2.40. The molecule has 2 N–H and O–H groups in total. The predicted molar refractivity (Wildman–Crippen MR) is 126 cm³/mol. The van der Waals surface area contributed by atoms with Crippen molar-refractivity contribution < 1.29 is 19.8 Å². The zero-order valence-corrected chi connectivity index (χ0v) is 19.0. The number of hydrogen-bond donors (Lipinski definition) is 2. The number of benzene rings is 2. The Morgan fingerprint density at radius 3 is 2.53 bits per heavy atom. The van der Waals surface area contributed by atoms with Crippen molar-refractivity contribution in [3.63, 3.8) is 0 Å². The van der Waals surface area contributed by atoms with E-state index in [1.54, 1.807) is 11.0 Å². The summed E-state index contributed by atoms with van der Waals surface area (Å²) in [7, 11) is 0. The summed E-state index contributed by atoms with van der Waals surface area (Å²) in [6.45, 7) is 7.70. The molecule has 1 saturated heterocycles. The molecule has 1 amide bonds. The van der Waals surface area contributed by atoms with Crippen molar-refractivity contribution in [3.05, 3.63) is 60.2 Å². The lowest BCUT2D eigenvalue weighted by molar-refractivity contribution is -0.137. The van der Waals surface area contributed by atoms with E-state index in [1.807, 2.05) is 42.5 Å². The number of nitrogens with zero attached hydrogens (tertiary/aromatic N) is 2. The summed E-state index contributed by atoms with van der Waals surface area (Å²) >= 11 is 0. The number of aliphatic carboxylic acids is 1. The Morgan fingerprint density at radius 2 is 1.88 bits per heavy atom. The third kappa shape index (κ3) is 5.88. The molecule has 1 fully saturated rings. The smallest absolute Gasteiger partial charge is 0.303 e. The Kier molecular flexibility index (Phi) is 7.91. The van der Waals surface area contributed by atoms with Crippen molar-refractivity contribution in [1.82, 2.24) is 4.90 Å². The third-order valence-electron chi connectivity index (χ3n) is 6.86. The SMILES string of the molecule is CC1CN(CCN(C(=O)CCCC(=O)O)c2ccccc2)CCC1(C)c1cccc(O)c1. The van der Waals surface area contributed by atoms with Gasteiger partial charge in [-0.1, -0.05) is 44.2 Å². The van der Waals surface area contributed by atoms with Crippen LogP contribution in [0.25, 0.3) is 0 Å². The number of rotatable bonds is 9. The van der Waals surface area contributed by atoms with Gasteiger partial charge < -0.3 is 20.0 Å². The number of anilines is 1. The molecule has 1 aliphatic heterocycles. The van der Waals surface area contributed by atoms with E-state index in [-0.39, 0.29) is 24.2 Å². The summed E-state index contributed by atoms with van der Waals surface area (Å²) in [6.07, 6.45) is 1.56. The van der Waals surface area contributed by atoms with Crippen LogP contribution in [0, 0.1) is 5.92 Å². The number of amides is 1. The Balaban J connectivity index is 1.62. The molecule has 6 heteroatoms. The van der Waals surface area contributed by atoms with Gasteiger partial charge in [0.25, 0.3) is 0 Å². The number of para-hydroxylation sites is 1. The largest absolute Gasteiger partial charge is 0.508 e. The molecular formula is C26H34N2O4. The standard InChI is InChI=1S/C26H34N2O4/c1-20-19-27(15-14-26(20,2)21-8-6-11-23(29)18-21)16-17-28(22-9-4-3-5-10-22)24(30)12-7-13-25(31)32/h3-6,8-11,18,20,29H,7,12-17,19H2,1-2H3,(H,31,32). The maximum atomic E-state index is 12.9. The van der Waals surface area contributed by atoms with E-state index in [9.17, 15) is 14.7 Å². The minimum atomic E-state index is -0.874. The first-order chi connectivity index (χ1) is 15.3. The van der Waals surface area contributed by atoms with Crippen molar-refractivity contribution in [3.8, 4) is 5.75 Å². The van der Waals surface area contributed by atoms with Gasteiger partial charge in [-0.2, -0.15) is 0 Å². The summed E-state index contributed by atoms with van der Waals surface area (Å²) in [5.41, 5.74) is 2.02. The molecular weight excluding hydrogens is 404 g/mol. The fourth-order valence-electron chi connectivity index (χ4n) is 4.58. The molecule has 0 bridgehead atoms. The van der Waals surface area contributed by atoms with E-state index in [4.69, 9.17) is 5.11 Å². The molecule has 0 saturated carbocycles. The average Bonchev–Trinajstić information content (AvgIpc) is 2.77. The second-order valence-corrected chi connectivity index (χ2v) is 9.05. The quantitative estimate of drug-likeness (QED) is 0.611. The van der Waals surface area contributed by atoms with Gasteiger partial charge in [-0.25, -0.2) is 0 Å². The average molecular weight is 439 g/mol. The van der Waals surface area contributed by atoms with Crippen LogP contribution in [0.1, 0.15) is 45.1 Å². The normalized spacial score (nSPS) is 21.2. The summed E-state index contributed by atoms with van der Waals surface area (Å²) < 4.78 is 0. The summed E-state index contributed by atoms with van der Waals surface area (Å²) in [4.78, 5) is 27.9. The molecule has 0 aromatic heterocycles. The first-order valence-electron chi connectivity index (χ1n) is 11.4. The highest BCUT2D eigenvalue weighted by molar-refractivity contribution is 5.93. The van der Waals surface area contributed by atoms with Gasteiger partial charge in [0.2, 0.25) is 5.91 Å². The number of likely N-dealkylation sites (tertiary alicyclic amines) is 1. The number of carbonyl (C=O) groups is 2. The van der Waals surface area contributed by atoms with Crippen molar-refractivity contribution in [1.29, 1.82) is 0 Å². The lowest BCUT2D eigenvalue weighted by Gasteiger charge is -2.45. The predicted octanol–water partition coefficient (Wildman–Crippen LogP) is 4.28. The fraction of sp³-hybridized carbons (Fsp3) is 0.462. The molecule has 6 nitrogen and oxygen atoms in total. The van der Waals surface area contributed by atoms with Crippen molar-refractivity contribution in [2.75, 3.05) is 31.1 Å². The van der Waals surface area contributed by atoms with Crippen LogP contribution in [0.3, 0.4) is 0 Å². The van der Waals surface area contributed by atoms with Crippen LogP contribution in [0.15, 0.2) is 54.6 Å². The van der Waals surface area contributed by atoms with Crippen molar-refractivity contribution in [2.45, 2.75) is 44.9 Å². The van der Waals surface area contributed by atoms with Crippen LogP contribution < -0.4 is 4.90 Å². The van der Waals surface area contributed by atoms with Gasteiger partial charge in [-0.15, -0.1) is 0 Å². The second kappa shape index (κ2) is 10.6. The first-order valence-corrected chi connectivity index (χ1v) is 11.4. The summed E-state index contributed by atoms with van der Waals surface area (Å²) in [5, 5.41) is 18.8. The van der Waals surface area contributed by atoms with Crippen LogP contribution in [0.2, 0.25) is 0 Å². The molecule has 0 radical (unpaired) electrons. The maximum absolute atomic E-state index is 12.9.